The molecule has 20 heavy (non-hydrogen) atoms. The van der Waals surface area contributed by atoms with Crippen LogP contribution >= 0.6 is 31.9 Å². The maximum atomic E-state index is 3.87. The first-order chi connectivity index (χ1) is 9.65. The Balaban J connectivity index is 1.68. The molecule has 110 valence electrons. The molecule has 2 heterocycles. The zero-order valence-electron chi connectivity index (χ0n) is 11.9. The van der Waals surface area contributed by atoms with Crippen LogP contribution in [0.4, 0.5) is 0 Å². The molecule has 1 aromatic rings. The van der Waals surface area contributed by atoms with Crippen molar-refractivity contribution in [2.45, 2.75) is 50.7 Å². The van der Waals surface area contributed by atoms with Gasteiger partial charge in [0.15, 0.2) is 0 Å². The van der Waals surface area contributed by atoms with Gasteiger partial charge in [-0.15, -0.1) is 0 Å². The third kappa shape index (κ3) is 3.13. The smallest absolute Gasteiger partial charge is 0.0306 e. The quantitative estimate of drug-likeness (QED) is 0.802. The third-order valence-electron chi connectivity index (χ3n) is 4.75. The molecule has 0 bridgehead atoms. The summed E-state index contributed by atoms with van der Waals surface area (Å²) in [6.45, 7) is 4.86. The van der Waals surface area contributed by atoms with Crippen LogP contribution in [0.5, 0.6) is 0 Å². The molecule has 0 aliphatic carbocycles. The maximum Gasteiger partial charge on any atom is 0.0306 e. The highest BCUT2D eigenvalue weighted by Gasteiger charge is 2.35. The van der Waals surface area contributed by atoms with Crippen LogP contribution in [0.1, 0.15) is 44.2 Å². The lowest BCUT2D eigenvalue weighted by atomic mass is 9.97. The standard InChI is InChI=1S/C16H22Br2N2/c1-11(13-6-5-12(17)10-14(13)18)19-15-7-9-20-8-3-2-4-16(15)20/h5-6,10-11,15-16,19H,2-4,7-9H2,1H3. The number of fused-ring (bicyclic) bond motifs is 1. The Labute approximate surface area is 138 Å². The van der Waals surface area contributed by atoms with E-state index in [9.17, 15) is 0 Å². The van der Waals surface area contributed by atoms with Gasteiger partial charge in [-0.3, -0.25) is 4.90 Å². The van der Waals surface area contributed by atoms with E-state index >= 15 is 0 Å². The molecule has 3 unspecified atom stereocenters. The van der Waals surface area contributed by atoms with Crippen molar-refractivity contribution in [2.24, 2.45) is 0 Å². The van der Waals surface area contributed by atoms with Crippen molar-refractivity contribution in [3.05, 3.63) is 32.7 Å². The molecule has 2 nitrogen and oxygen atoms in total. The number of halogens is 2. The molecule has 0 radical (unpaired) electrons. The van der Waals surface area contributed by atoms with Gasteiger partial charge >= 0.3 is 0 Å². The molecule has 0 amide bonds. The van der Waals surface area contributed by atoms with E-state index in [1.807, 2.05) is 0 Å². The highest BCUT2D eigenvalue weighted by Crippen LogP contribution is 2.31. The van der Waals surface area contributed by atoms with Gasteiger partial charge in [-0.05, 0) is 50.4 Å². The summed E-state index contributed by atoms with van der Waals surface area (Å²) in [5, 5.41) is 3.87. The number of piperidine rings is 1. The van der Waals surface area contributed by atoms with Crippen molar-refractivity contribution in [1.82, 2.24) is 10.2 Å². The summed E-state index contributed by atoms with van der Waals surface area (Å²) in [7, 11) is 0. The zero-order valence-corrected chi connectivity index (χ0v) is 15.1. The molecule has 2 aliphatic rings. The molecule has 1 aromatic carbocycles. The molecule has 0 spiro atoms. The summed E-state index contributed by atoms with van der Waals surface area (Å²) in [5.74, 6) is 0. The lowest BCUT2D eigenvalue weighted by Crippen LogP contribution is -2.45. The van der Waals surface area contributed by atoms with E-state index in [-0.39, 0.29) is 0 Å². The van der Waals surface area contributed by atoms with Crippen LogP contribution in [-0.2, 0) is 0 Å². The second-order valence-corrected chi connectivity index (χ2v) is 7.82. The molecule has 3 rings (SSSR count). The molecule has 0 saturated carbocycles. The molecular weight excluding hydrogens is 380 g/mol. The van der Waals surface area contributed by atoms with Crippen LogP contribution in [0.2, 0.25) is 0 Å². The Kier molecular flexibility index (Phi) is 4.86. The van der Waals surface area contributed by atoms with Crippen molar-refractivity contribution < 1.29 is 0 Å². The van der Waals surface area contributed by atoms with Gasteiger partial charge in [0.05, 0.1) is 0 Å². The van der Waals surface area contributed by atoms with Gasteiger partial charge in [0.25, 0.3) is 0 Å². The molecule has 1 N–H and O–H groups in total. The van der Waals surface area contributed by atoms with Crippen molar-refractivity contribution in [2.75, 3.05) is 13.1 Å². The minimum absolute atomic E-state index is 0.393. The predicted molar refractivity (Wildman–Crippen MR) is 91.0 cm³/mol. The Morgan fingerprint density at radius 2 is 2.05 bits per heavy atom. The minimum Gasteiger partial charge on any atom is -0.306 e. The first kappa shape index (κ1) is 15.0. The van der Waals surface area contributed by atoms with E-state index in [2.05, 4.69) is 67.2 Å². The summed E-state index contributed by atoms with van der Waals surface area (Å²) in [4.78, 5) is 2.69. The lowest BCUT2D eigenvalue weighted by molar-refractivity contribution is 0.177. The van der Waals surface area contributed by atoms with Crippen LogP contribution in [0.15, 0.2) is 27.1 Å². The molecular formula is C16H22Br2N2. The number of rotatable bonds is 3. The highest BCUT2D eigenvalue weighted by atomic mass is 79.9. The normalized spacial score (nSPS) is 28.4. The number of nitrogens with zero attached hydrogens (tertiary/aromatic N) is 1. The molecule has 2 fully saturated rings. The van der Waals surface area contributed by atoms with E-state index in [1.54, 1.807) is 0 Å². The zero-order chi connectivity index (χ0) is 14.1. The fourth-order valence-corrected chi connectivity index (χ4v) is 5.10. The Bertz CT molecular complexity index is 478. The summed E-state index contributed by atoms with van der Waals surface area (Å²) < 4.78 is 2.31. The fourth-order valence-electron chi connectivity index (χ4n) is 3.71. The van der Waals surface area contributed by atoms with Gasteiger partial charge in [-0.1, -0.05) is 44.3 Å². The monoisotopic (exact) mass is 400 g/mol. The lowest BCUT2D eigenvalue weighted by Gasteiger charge is -2.34. The van der Waals surface area contributed by atoms with Gasteiger partial charge in [0, 0.05) is 33.6 Å². The van der Waals surface area contributed by atoms with Crippen LogP contribution in [0, 0.1) is 0 Å². The van der Waals surface area contributed by atoms with E-state index in [0.717, 1.165) is 10.5 Å². The fraction of sp³-hybridized carbons (Fsp3) is 0.625. The van der Waals surface area contributed by atoms with E-state index < -0.39 is 0 Å². The Morgan fingerprint density at radius 3 is 2.85 bits per heavy atom. The summed E-state index contributed by atoms with van der Waals surface area (Å²) >= 11 is 7.21. The van der Waals surface area contributed by atoms with Crippen molar-refractivity contribution in [3.63, 3.8) is 0 Å². The largest absolute Gasteiger partial charge is 0.306 e. The summed E-state index contributed by atoms with van der Waals surface area (Å²) in [5.41, 5.74) is 1.35. The van der Waals surface area contributed by atoms with E-state index in [1.165, 1.54) is 48.8 Å². The van der Waals surface area contributed by atoms with E-state index in [0.29, 0.717) is 12.1 Å². The topological polar surface area (TPSA) is 15.3 Å². The summed E-state index contributed by atoms with van der Waals surface area (Å²) in [6, 6.07) is 8.28. The number of nitrogens with one attached hydrogen (secondary N) is 1. The van der Waals surface area contributed by atoms with Crippen LogP contribution < -0.4 is 5.32 Å². The average molecular weight is 402 g/mol. The van der Waals surface area contributed by atoms with Gasteiger partial charge in [-0.2, -0.15) is 0 Å². The third-order valence-corrected chi connectivity index (χ3v) is 5.93. The molecule has 3 atom stereocenters. The molecule has 4 heteroatoms. The maximum absolute atomic E-state index is 3.87. The molecule has 0 aromatic heterocycles. The molecule has 2 aliphatic heterocycles. The number of hydrogen-bond acceptors (Lipinski definition) is 2. The first-order valence-corrected chi connectivity index (χ1v) is 9.19. The second-order valence-electron chi connectivity index (χ2n) is 6.05. The van der Waals surface area contributed by atoms with Crippen molar-refractivity contribution >= 4 is 31.9 Å². The van der Waals surface area contributed by atoms with Gasteiger partial charge in [-0.25, -0.2) is 0 Å². The minimum atomic E-state index is 0.393. The Hall–Kier alpha value is 0.1000. The Morgan fingerprint density at radius 1 is 1.20 bits per heavy atom. The van der Waals surface area contributed by atoms with Gasteiger partial charge < -0.3 is 5.32 Å². The SMILES string of the molecule is CC(NC1CCN2CCCCC12)c1ccc(Br)cc1Br. The van der Waals surface area contributed by atoms with Crippen molar-refractivity contribution in [3.8, 4) is 0 Å². The number of benzene rings is 1. The average Bonchev–Trinajstić information content (AvgIpc) is 2.82. The summed E-state index contributed by atoms with van der Waals surface area (Å²) in [6.07, 6.45) is 5.45. The van der Waals surface area contributed by atoms with Gasteiger partial charge in [0.1, 0.15) is 0 Å². The molecule has 2 saturated heterocycles. The van der Waals surface area contributed by atoms with E-state index in [4.69, 9.17) is 0 Å². The van der Waals surface area contributed by atoms with Crippen LogP contribution in [0.3, 0.4) is 0 Å². The van der Waals surface area contributed by atoms with Crippen LogP contribution in [-0.4, -0.2) is 30.1 Å². The van der Waals surface area contributed by atoms with Crippen molar-refractivity contribution in [1.29, 1.82) is 0 Å². The highest BCUT2D eigenvalue weighted by molar-refractivity contribution is 9.11. The first-order valence-electron chi connectivity index (χ1n) is 7.60. The second kappa shape index (κ2) is 6.47. The van der Waals surface area contributed by atoms with Crippen LogP contribution in [0.25, 0.3) is 0 Å². The number of hydrogen-bond donors (Lipinski definition) is 1. The van der Waals surface area contributed by atoms with Gasteiger partial charge in [0.2, 0.25) is 0 Å². The predicted octanol–water partition coefficient (Wildman–Crippen LogP) is 4.49.